The fraction of sp³-hybridized carbons (Fsp3) is 0.938. The molecule has 114 valence electrons. The summed E-state index contributed by atoms with van der Waals surface area (Å²) in [5.74, 6) is 0.914. The summed E-state index contributed by atoms with van der Waals surface area (Å²) in [6, 6.07) is 0.369. The molecule has 2 heterocycles. The molecule has 2 saturated heterocycles. The molecular formula is C16H29N3O. The van der Waals surface area contributed by atoms with E-state index in [2.05, 4.69) is 22.5 Å². The van der Waals surface area contributed by atoms with Crippen LogP contribution in [0.2, 0.25) is 0 Å². The number of piperidine rings is 1. The number of rotatable bonds is 3. The maximum atomic E-state index is 12.9. The van der Waals surface area contributed by atoms with Gasteiger partial charge in [-0.3, -0.25) is 4.79 Å². The lowest BCUT2D eigenvalue weighted by Crippen LogP contribution is -2.54. The fourth-order valence-corrected chi connectivity index (χ4v) is 4.48. The predicted molar refractivity (Wildman–Crippen MR) is 80.5 cm³/mol. The zero-order chi connectivity index (χ0) is 14.0. The van der Waals surface area contributed by atoms with E-state index in [4.69, 9.17) is 0 Å². The van der Waals surface area contributed by atoms with Crippen LogP contribution in [0.1, 0.15) is 45.4 Å². The molecule has 2 aliphatic heterocycles. The molecule has 1 aliphatic carbocycles. The van der Waals surface area contributed by atoms with Crippen LogP contribution in [0.3, 0.4) is 0 Å². The lowest BCUT2D eigenvalue weighted by Gasteiger charge is -2.40. The van der Waals surface area contributed by atoms with E-state index in [0.717, 1.165) is 39.0 Å². The molecule has 0 aromatic rings. The quantitative estimate of drug-likeness (QED) is 0.820. The monoisotopic (exact) mass is 279 g/mol. The number of hydrogen-bond donors (Lipinski definition) is 2. The topological polar surface area (TPSA) is 44.4 Å². The number of carbonyl (C=O) groups is 1. The Morgan fingerprint density at radius 1 is 1.35 bits per heavy atom. The van der Waals surface area contributed by atoms with E-state index in [1.165, 1.54) is 32.2 Å². The molecule has 4 heteroatoms. The van der Waals surface area contributed by atoms with Gasteiger partial charge in [-0.25, -0.2) is 0 Å². The van der Waals surface area contributed by atoms with Gasteiger partial charge < -0.3 is 15.5 Å². The predicted octanol–water partition coefficient (Wildman–Crippen LogP) is 1.37. The first-order chi connectivity index (χ1) is 9.74. The number of carbonyl (C=O) groups excluding carboxylic acids is 1. The third kappa shape index (κ3) is 2.60. The van der Waals surface area contributed by atoms with Gasteiger partial charge in [0.2, 0.25) is 5.91 Å². The zero-order valence-electron chi connectivity index (χ0n) is 12.8. The second-order valence-corrected chi connectivity index (χ2v) is 6.94. The number of fused-ring (bicyclic) bond motifs is 1. The van der Waals surface area contributed by atoms with Crippen LogP contribution < -0.4 is 10.6 Å². The Kier molecular flexibility index (Phi) is 4.32. The third-order valence-electron chi connectivity index (χ3n) is 5.78. The summed E-state index contributed by atoms with van der Waals surface area (Å²) >= 11 is 0. The number of amides is 1. The molecule has 4 nitrogen and oxygen atoms in total. The number of likely N-dealkylation sites (tertiary alicyclic amines) is 1. The lowest BCUT2D eigenvalue weighted by atomic mass is 9.67. The van der Waals surface area contributed by atoms with Gasteiger partial charge in [-0.05, 0) is 51.2 Å². The molecule has 3 rings (SSSR count). The van der Waals surface area contributed by atoms with Crippen molar-refractivity contribution in [1.82, 2.24) is 15.5 Å². The van der Waals surface area contributed by atoms with E-state index in [9.17, 15) is 4.79 Å². The van der Waals surface area contributed by atoms with Gasteiger partial charge in [-0.1, -0.05) is 19.8 Å². The molecule has 0 radical (unpaired) electrons. The van der Waals surface area contributed by atoms with Gasteiger partial charge in [0.25, 0.3) is 0 Å². The average molecular weight is 279 g/mol. The van der Waals surface area contributed by atoms with E-state index < -0.39 is 0 Å². The standard InChI is InChI=1S/C16H29N3O/c1-2-19-9-5-7-14(11-19)18-15(20)16-8-4-3-6-13(16)10-17-12-16/h13-14,17H,2-12H2,1H3,(H,18,20)/t13-,14?,16+/m0/s1. The molecule has 3 atom stereocenters. The number of nitrogens with one attached hydrogen (secondary N) is 2. The highest BCUT2D eigenvalue weighted by Crippen LogP contribution is 2.44. The second-order valence-electron chi connectivity index (χ2n) is 6.94. The van der Waals surface area contributed by atoms with Crippen molar-refractivity contribution in [2.75, 3.05) is 32.7 Å². The van der Waals surface area contributed by atoms with E-state index >= 15 is 0 Å². The van der Waals surface area contributed by atoms with Crippen LogP contribution in [0.15, 0.2) is 0 Å². The summed E-state index contributed by atoms with van der Waals surface area (Å²) in [6.45, 7) is 7.48. The van der Waals surface area contributed by atoms with Crippen LogP contribution in [0, 0.1) is 11.3 Å². The Hall–Kier alpha value is -0.610. The summed E-state index contributed by atoms with van der Waals surface area (Å²) in [4.78, 5) is 15.4. The lowest BCUT2D eigenvalue weighted by molar-refractivity contribution is -0.135. The highest BCUT2D eigenvalue weighted by molar-refractivity contribution is 5.84. The molecule has 20 heavy (non-hydrogen) atoms. The molecule has 0 bridgehead atoms. The first-order valence-corrected chi connectivity index (χ1v) is 8.48. The van der Waals surface area contributed by atoms with Crippen LogP contribution >= 0.6 is 0 Å². The van der Waals surface area contributed by atoms with Crippen LogP contribution in [0.25, 0.3) is 0 Å². The fourth-order valence-electron chi connectivity index (χ4n) is 4.48. The van der Waals surface area contributed by atoms with Crippen molar-refractivity contribution in [2.24, 2.45) is 11.3 Å². The van der Waals surface area contributed by atoms with Crippen molar-refractivity contribution in [3.8, 4) is 0 Å². The van der Waals surface area contributed by atoms with Crippen molar-refractivity contribution in [2.45, 2.75) is 51.5 Å². The number of hydrogen-bond acceptors (Lipinski definition) is 3. The number of likely N-dealkylation sites (N-methyl/N-ethyl adjacent to an activating group) is 1. The normalized spacial score (nSPS) is 38.5. The van der Waals surface area contributed by atoms with Gasteiger partial charge in [0.1, 0.15) is 0 Å². The van der Waals surface area contributed by atoms with Crippen LogP contribution in [-0.2, 0) is 4.79 Å². The van der Waals surface area contributed by atoms with E-state index in [0.29, 0.717) is 17.9 Å². The van der Waals surface area contributed by atoms with Crippen LogP contribution in [0.4, 0.5) is 0 Å². The Bertz CT molecular complexity index is 360. The maximum absolute atomic E-state index is 12.9. The van der Waals surface area contributed by atoms with Gasteiger partial charge >= 0.3 is 0 Å². The van der Waals surface area contributed by atoms with Gasteiger partial charge in [-0.2, -0.15) is 0 Å². The van der Waals surface area contributed by atoms with Gasteiger partial charge in [0, 0.05) is 19.1 Å². The maximum Gasteiger partial charge on any atom is 0.228 e. The summed E-state index contributed by atoms with van der Waals surface area (Å²) in [7, 11) is 0. The van der Waals surface area contributed by atoms with Gasteiger partial charge in [0.15, 0.2) is 0 Å². The Morgan fingerprint density at radius 2 is 2.25 bits per heavy atom. The Balaban J connectivity index is 1.63. The zero-order valence-corrected chi connectivity index (χ0v) is 12.8. The molecule has 0 aromatic carbocycles. The molecule has 1 amide bonds. The van der Waals surface area contributed by atoms with Crippen molar-refractivity contribution < 1.29 is 4.79 Å². The summed E-state index contributed by atoms with van der Waals surface area (Å²) in [6.07, 6.45) is 7.20. The first-order valence-electron chi connectivity index (χ1n) is 8.48. The van der Waals surface area contributed by atoms with Crippen molar-refractivity contribution in [3.05, 3.63) is 0 Å². The Labute approximate surface area is 122 Å². The van der Waals surface area contributed by atoms with Crippen molar-refractivity contribution >= 4 is 5.91 Å². The molecule has 3 fully saturated rings. The molecular weight excluding hydrogens is 250 g/mol. The highest BCUT2D eigenvalue weighted by Gasteiger charge is 2.50. The first kappa shape index (κ1) is 14.3. The third-order valence-corrected chi connectivity index (χ3v) is 5.78. The minimum absolute atomic E-state index is 0.0905. The van der Waals surface area contributed by atoms with Crippen LogP contribution in [-0.4, -0.2) is 49.6 Å². The minimum atomic E-state index is -0.0905. The smallest absolute Gasteiger partial charge is 0.228 e. The molecule has 1 saturated carbocycles. The SMILES string of the molecule is CCN1CCCC(NC(=O)[C@@]23CCCC[C@H]2CNC3)C1. The van der Waals surface area contributed by atoms with Crippen LogP contribution in [0.5, 0.6) is 0 Å². The van der Waals surface area contributed by atoms with Crippen molar-refractivity contribution in [3.63, 3.8) is 0 Å². The summed E-state index contributed by atoms with van der Waals surface area (Å²) in [5.41, 5.74) is -0.0905. The summed E-state index contributed by atoms with van der Waals surface area (Å²) in [5, 5.41) is 6.87. The van der Waals surface area contributed by atoms with E-state index in [1.54, 1.807) is 0 Å². The average Bonchev–Trinajstić information content (AvgIpc) is 2.92. The highest BCUT2D eigenvalue weighted by atomic mass is 16.2. The van der Waals surface area contributed by atoms with E-state index in [1.807, 2.05) is 0 Å². The molecule has 0 spiro atoms. The minimum Gasteiger partial charge on any atom is -0.352 e. The molecule has 1 unspecified atom stereocenters. The van der Waals surface area contributed by atoms with E-state index in [-0.39, 0.29) is 5.41 Å². The largest absolute Gasteiger partial charge is 0.352 e. The summed E-state index contributed by atoms with van der Waals surface area (Å²) < 4.78 is 0. The number of nitrogens with zero attached hydrogens (tertiary/aromatic N) is 1. The van der Waals surface area contributed by atoms with Crippen molar-refractivity contribution in [1.29, 1.82) is 0 Å². The van der Waals surface area contributed by atoms with Gasteiger partial charge in [-0.15, -0.1) is 0 Å². The molecule has 0 aromatic heterocycles. The Morgan fingerprint density at radius 3 is 3.10 bits per heavy atom. The second kappa shape index (κ2) is 6.02. The van der Waals surface area contributed by atoms with Gasteiger partial charge in [0.05, 0.1) is 5.41 Å². The molecule has 2 N–H and O–H groups in total. The molecule has 3 aliphatic rings.